The van der Waals surface area contributed by atoms with Gasteiger partial charge in [0.1, 0.15) is 4.90 Å². The first-order valence-electron chi connectivity index (χ1n) is 7.59. The Morgan fingerprint density at radius 3 is 2.81 bits per heavy atom. The summed E-state index contributed by atoms with van der Waals surface area (Å²) in [6.45, 7) is 1.90. The molecule has 0 bridgehead atoms. The van der Waals surface area contributed by atoms with E-state index >= 15 is 0 Å². The van der Waals surface area contributed by atoms with Gasteiger partial charge in [0.05, 0.1) is 7.11 Å². The average Bonchev–Trinajstić information content (AvgIpc) is 2.99. The Hall–Kier alpha value is -2.75. The second kappa shape index (κ2) is 6.87. The molecule has 10 heteroatoms. The summed E-state index contributed by atoms with van der Waals surface area (Å²) in [6, 6.07) is 5.32. The molecule has 0 fully saturated rings. The molecule has 3 aromatic rings. The molecule has 0 aliphatic carbocycles. The SMILES string of the molecule is COc1nc(NS(=O)(=O)c2c[nH]c3cc(C)ccc23)ncc1CC(F)F. The van der Waals surface area contributed by atoms with E-state index < -0.39 is 22.9 Å². The number of fused-ring (bicyclic) bond motifs is 1. The summed E-state index contributed by atoms with van der Waals surface area (Å²) in [5, 5.41) is 0.518. The normalized spacial score (nSPS) is 11.9. The zero-order valence-corrected chi connectivity index (χ0v) is 14.8. The molecular weight excluding hydrogens is 366 g/mol. The first-order chi connectivity index (χ1) is 12.3. The minimum Gasteiger partial charge on any atom is -0.481 e. The number of sulfonamides is 1. The van der Waals surface area contributed by atoms with Crippen molar-refractivity contribution < 1.29 is 21.9 Å². The topological polar surface area (TPSA) is 97.0 Å². The number of nitrogens with zero attached hydrogens (tertiary/aromatic N) is 2. The number of anilines is 1. The van der Waals surface area contributed by atoms with Gasteiger partial charge in [-0.05, 0) is 18.6 Å². The van der Waals surface area contributed by atoms with Crippen LogP contribution in [0.4, 0.5) is 14.7 Å². The molecule has 0 saturated carbocycles. The van der Waals surface area contributed by atoms with Crippen LogP contribution < -0.4 is 9.46 Å². The van der Waals surface area contributed by atoms with Gasteiger partial charge in [-0.1, -0.05) is 12.1 Å². The fraction of sp³-hybridized carbons (Fsp3) is 0.250. The molecule has 138 valence electrons. The number of H-pyrrole nitrogens is 1. The maximum Gasteiger partial charge on any atom is 0.266 e. The van der Waals surface area contributed by atoms with Crippen molar-refractivity contribution in [2.45, 2.75) is 24.7 Å². The van der Waals surface area contributed by atoms with Gasteiger partial charge in [0.25, 0.3) is 10.0 Å². The van der Waals surface area contributed by atoms with Crippen LogP contribution in [0.15, 0.2) is 35.5 Å². The number of methoxy groups -OCH3 is 1. The summed E-state index contributed by atoms with van der Waals surface area (Å²) in [7, 11) is -2.72. The van der Waals surface area contributed by atoms with Gasteiger partial charge in [0.15, 0.2) is 0 Å². The maximum absolute atomic E-state index is 12.7. The monoisotopic (exact) mass is 382 g/mol. The number of hydrogen-bond donors (Lipinski definition) is 2. The standard InChI is InChI=1S/C16H16F2N4O3S/c1-9-3-4-11-12(5-9)19-8-13(11)26(23,24)22-16-20-7-10(6-14(17)18)15(21-16)25-2/h3-5,7-8,14,19H,6H2,1-2H3,(H,20,21,22). The number of rotatable bonds is 6. The highest BCUT2D eigenvalue weighted by Gasteiger charge is 2.21. The second-order valence-corrected chi connectivity index (χ2v) is 7.28. The van der Waals surface area contributed by atoms with Crippen LogP contribution in [0.25, 0.3) is 10.9 Å². The van der Waals surface area contributed by atoms with Crippen molar-refractivity contribution >= 4 is 26.9 Å². The molecule has 2 N–H and O–H groups in total. The number of ether oxygens (including phenoxy) is 1. The molecular formula is C16H16F2N4O3S. The Morgan fingerprint density at radius 1 is 1.35 bits per heavy atom. The van der Waals surface area contributed by atoms with Gasteiger partial charge in [-0.25, -0.2) is 26.9 Å². The maximum atomic E-state index is 12.7. The summed E-state index contributed by atoms with van der Waals surface area (Å²) in [6.07, 6.45) is -0.689. The number of alkyl halides is 2. The zero-order valence-electron chi connectivity index (χ0n) is 14.0. The minimum atomic E-state index is -3.98. The van der Waals surface area contributed by atoms with E-state index in [1.165, 1.54) is 13.3 Å². The fourth-order valence-electron chi connectivity index (χ4n) is 2.53. The molecule has 0 spiro atoms. The molecule has 0 unspecified atom stereocenters. The summed E-state index contributed by atoms with van der Waals surface area (Å²) in [4.78, 5) is 10.6. The Morgan fingerprint density at radius 2 is 2.12 bits per heavy atom. The van der Waals surface area contributed by atoms with Crippen LogP contribution in [0.2, 0.25) is 0 Å². The van der Waals surface area contributed by atoms with Crippen LogP contribution in [0.3, 0.4) is 0 Å². The van der Waals surface area contributed by atoms with E-state index in [1.807, 2.05) is 13.0 Å². The number of aryl methyl sites for hydroxylation is 1. The molecule has 0 saturated heterocycles. The second-order valence-electron chi connectivity index (χ2n) is 5.63. The number of nitrogens with one attached hydrogen (secondary N) is 2. The molecule has 0 aliphatic rings. The number of hydrogen-bond acceptors (Lipinski definition) is 5. The lowest BCUT2D eigenvalue weighted by atomic mass is 10.2. The van der Waals surface area contributed by atoms with Gasteiger partial charge in [0, 0.05) is 35.3 Å². The predicted molar refractivity (Wildman–Crippen MR) is 92.1 cm³/mol. The Kier molecular flexibility index (Phi) is 4.77. The van der Waals surface area contributed by atoms with Crippen molar-refractivity contribution in [3.8, 4) is 5.88 Å². The third kappa shape index (κ3) is 3.59. The van der Waals surface area contributed by atoms with E-state index in [0.29, 0.717) is 10.9 Å². The lowest BCUT2D eigenvalue weighted by molar-refractivity contribution is 0.147. The van der Waals surface area contributed by atoms with Gasteiger partial charge < -0.3 is 9.72 Å². The first-order valence-corrected chi connectivity index (χ1v) is 9.07. The highest BCUT2D eigenvalue weighted by atomic mass is 32.2. The third-order valence-corrected chi connectivity index (χ3v) is 5.07. The lowest BCUT2D eigenvalue weighted by Crippen LogP contribution is -2.15. The van der Waals surface area contributed by atoms with Crippen molar-refractivity contribution in [3.63, 3.8) is 0 Å². The Labute approximate surface area is 148 Å². The Balaban J connectivity index is 1.94. The van der Waals surface area contributed by atoms with Crippen LogP contribution in [0, 0.1) is 6.92 Å². The Bertz CT molecular complexity index is 1050. The van der Waals surface area contributed by atoms with Crippen molar-refractivity contribution in [2.75, 3.05) is 11.8 Å². The zero-order chi connectivity index (χ0) is 18.9. The van der Waals surface area contributed by atoms with E-state index in [1.54, 1.807) is 12.1 Å². The molecule has 0 aliphatic heterocycles. The van der Waals surface area contributed by atoms with Crippen LogP contribution in [0.1, 0.15) is 11.1 Å². The van der Waals surface area contributed by atoms with Gasteiger partial charge in [-0.15, -0.1) is 0 Å². The van der Waals surface area contributed by atoms with Crippen LogP contribution in [0.5, 0.6) is 5.88 Å². The van der Waals surface area contributed by atoms with Gasteiger partial charge in [-0.3, -0.25) is 0 Å². The fourth-order valence-corrected chi connectivity index (χ4v) is 3.66. The average molecular weight is 382 g/mol. The van der Waals surface area contributed by atoms with E-state index in [2.05, 4.69) is 19.7 Å². The van der Waals surface area contributed by atoms with Crippen molar-refractivity contribution in [2.24, 2.45) is 0 Å². The van der Waals surface area contributed by atoms with Crippen molar-refractivity contribution in [1.82, 2.24) is 15.0 Å². The number of halogens is 2. The van der Waals surface area contributed by atoms with E-state index in [9.17, 15) is 17.2 Å². The number of aromatic nitrogens is 3. The van der Waals surface area contributed by atoms with E-state index in [4.69, 9.17) is 4.74 Å². The molecule has 3 rings (SSSR count). The summed E-state index contributed by atoms with van der Waals surface area (Å²) < 4.78 is 57.6. The number of benzene rings is 1. The third-order valence-electron chi connectivity index (χ3n) is 3.71. The number of aromatic amines is 1. The van der Waals surface area contributed by atoms with Crippen molar-refractivity contribution in [1.29, 1.82) is 0 Å². The van der Waals surface area contributed by atoms with Crippen molar-refractivity contribution in [3.05, 3.63) is 41.7 Å². The molecule has 0 radical (unpaired) electrons. The minimum absolute atomic E-state index is 0.0340. The van der Waals surface area contributed by atoms with Gasteiger partial charge in [-0.2, -0.15) is 4.98 Å². The van der Waals surface area contributed by atoms with Crippen LogP contribution >= 0.6 is 0 Å². The van der Waals surface area contributed by atoms with E-state index in [-0.39, 0.29) is 22.3 Å². The molecule has 26 heavy (non-hydrogen) atoms. The quantitative estimate of drug-likeness (QED) is 0.683. The highest BCUT2D eigenvalue weighted by Crippen LogP contribution is 2.26. The molecule has 7 nitrogen and oxygen atoms in total. The molecule has 0 amide bonds. The van der Waals surface area contributed by atoms with Crippen LogP contribution in [-0.4, -0.2) is 36.9 Å². The molecule has 0 atom stereocenters. The lowest BCUT2D eigenvalue weighted by Gasteiger charge is -2.10. The highest BCUT2D eigenvalue weighted by molar-refractivity contribution is 7.93. The summed E-state index contributed by atoms with van der Waals surface area (Å²) in [5.41, 5.74) is 1.75. The van der Waals surface area contributed by atoms with Gasteiger partial charge >= 0.3 is 0 Å². The predicted octanol–water partition coefficient (Wildman–Crippen LogP) is 2.88. The summed E-state index contributed by atoms with van der Waals surface area (Å²) >= 11 is 0. The molecule has 2 heterocycles. The van der Waals surface area contributed by atoms with E-state index in [0.717, 1.165) is 11.8 Å². The smallest absolute Gasteiger partial charge is 0.266 e. The summed E-state index contributed by atoms with van der Waals surface area (Å²) in [5.74, 6) is -0.367. The molecule has 2 aromatic heterocycles. The van der Waals surface area contributed by atoms with Gasteiger partial charge in [0.2, 0.25) is 18.3 Å². The largest absolute Gasteiger partial charge is 0.481 e. The molecule has 1 aromatic carbocycles. The first kappa shape index (κ1) is 18.1. The van der Waals surface area contributed by atoms with Crippen LogP contribution in [-0.2, 0) is 16.4 Å².